The Morgan fingerprint density at radius 1 is 1.09 bits per heavy atom. The van der Waals surface area contributed by atoms with Crippen LogP contribution in [0.2, 0.25) is 0 Å². The van der Waals surface area contributed by atoms with Crippen molar-refractivity contribution in [3.05, 3.63) is 62.5 Å². The number of amides is 1. The number of hydrogen-bond donors (Lipinski definition) is 1. The predicted octanol–water partition coefficient (Wildman–Crippen LogP) is 5.29. The minimum atomic E-state index is -0.633. The molecule has 0 saturated carbocycles. The van der Waals surface area contributed by atoms with Crippen molar-refractivity contribution in [1.29, 1.82) is 0 Å². The van der Waals surface area contributed by atoms with E-state index in [1.165, 1.54) is 0 Å². The average molecular weight is 450 g/mol. The summed E-state index contributed by atoms with van der Waals surface area (Å²) in [6.45, 7) is 9.16. The highest BCUT2D eigenvalue weighted by atomic mass is 32.1. The van der Waals surface area contributed by atoms with E-state index in [1.54, 1.807) is 24.3 Å². The highest BCUT2D eigenvalue weighted by Crippen LogP contribution is 2.33. The number of hydrogen-bond acceptors (Lipinski definition) is 7. The second-order valence-corrected chi connectivity index (χ2v) is 9.18. The van der Waals surface area contributed by atoms with Crippen LogP contribution in [0.5, 0.6) is 0 Å². The van der Waals surface area contributed by atoms with Crippen LogP contribution in [0.25, 0.3) is 22.4 Å². The third kappa shape index (κ3) is 4.13. The highest BCUT2D eigenvalue weighted by molar-refractivity contribution is 7.12. The van der Waals surface area contributed by atoms with E-state index in [-0.39, 0.29) is 11.3 Å². The molecule has 1 N–H and O–H groups in total. The third-order valence-corrected chi connectivity index (χ3v) is 6.20. The van der Waals surface area contributed by atoms with E-state index in [0.717, 1.165) is 32.1 Å². The molecule has 0 aliphatic heterocycles. The second-order valence-electron chi connectivity index (χ2n) is 7.72. The molecule has 7 nitrogen and oxygen atoms in total. The molecule has 3 aromatic heterocycles. The van der Waals surface area contributed by atoms with Crippen molar-refractivity contribution < 1.29 is 18.8 Å². The van der Waals surface area contributed by atoms with Crippen molar-refractivity contribution in [1.82, 2.24) is 10.1 Å². The molecule has 0 atom stereocenters. The standard InChI is InChI=1S/C24H23N3O4S/c1-12-7-6-8-13(2)22(12)26-20(28)11-30-24(29)18-10-19(17-9-14(3)32-16(17)5)25-23-21(18)15(4)27-31-23/h6-10H,11H2,1-5H3,(H,26,28). The molecule has 4 rings (SSSR count). The van der Waals surface area contributed by atoms with Crippen LogP contribution < -0.4 is 5.32 Å². The van der Waals surface area contributed by atoms with Crippen molar-refractivity contribution >= 4 is 40.0 Å². The second kappa shape index (κ2) is 8.55. The summed E-state index contributed by atoms with van der Waals surface area (Å²) in [6, 6.07) is 9.43. The minimum absolute atomic E-state index is 0.259. The summed E-state index contributed by atoms with van der Waals surface area (Å²) >= 11 is 1.65. The maximum atomic E-state index is 13.0. The molecular formula is C24H23N3O4S. The van der Waals surface area contributed by atoms with E-state index in [4.69, 9.17) is 9.26 Å². The maximum absolute atomic E-state index is 13.0. The molecule has 0 spiro atoms. The van der Waals surface area contributed by atoms with Crippen molar-refractivity contribution in [3.8, 4) is 11.3 Å². The zero-order chi connectivity index (χ0) is 23.0. The monoisotopic (exact) mass is 449 g/mol. The van der Waals surface area contributed by atoms with Crippen molar-refractivity contribution in [2.24, 2.45) is 0 Å². The van der Waals surface area contributed by atoms with E-state index < -0.39 is 18.5 Å². The summed E-state index contributed by atoms with van der Waals surface area (Å²) in [4.78, 5) is 32.2. The van der Waals surface area contributed by atoms with E-state index >= 15 is 0 Å². The number of aryl methyl sites for hydroxylation is 5. The number of para-hydroxylation sites is 1. The SMILES string of the molecule is Cc1cc(-c2cc(C(=O)OCC(=O)Nc3c(C)cccc3C)c3c(C)noc3n2)c(C)s1. The van der Waals surface area contributed by atoms with Gasteiger partial charge in [-0.25, -0.2) is 9.78 Å². The molecular weight excluding hydrogens is 426 g/mol. The van der Waals surface area contributed by atoms with Crippen LogP contribution in [-0.4, -0.2) is 28.6 Å². The Labute approximate surface area is 189 Å². The Bertz CT molecular complexity index is 1330. The van der Waals surface area contributed by atoms with Crippen LogP contribution >= 0.6 is 11.3 Å². The molecule has 32 heavy (non-hydrogen) atoms. The van der Waals surface area contributed by atoms with Gasteiger partial charge in [0, 0.05) is 21.0 Å². The topological polar surface area (TPSA) is 94.3 Å². The Hall–Kier alpha value is -3.52. The Morgan fingerprint density at radius 2 is 1.81 bits per heavy atom. The Kier molecular flexibility index (Phi) is 5.80. The largest absolute Gasteiger partial charge is 0.452 e. The van der Waals surface area contributed by atoms with Crippen LogP contribution in [0, 0.1) is 34.6 Å². The molecule has 4 aromatic rings. The highest BCUT2D eigenvalue weighted by Gasteiger charge is 2.22. The maximum Gasteiger partial charge on any atom is 0.339 e. The number of carbonyl (C=O) groups excluding carboxylic acids is 2. The summed E-state index contributed by atoms with van der Waals surface area (Å²) in [6.07, 6.45) is 0. The van der Waals surface area contributed by atoms with E-state index in [0.29, 0.717) is 16.8 Å². The quantitative estimate of drug-likeness (QED) is 0.416. The fourth-order valence-electron chi connectivity index (χ4n) is 3.67. The van der Waals surface area contributed by atoms with Crippen molar-refractivity contribution in [2.75, 3.05) is 11.9 Å². The number of pyridine rings is 1. The van der Waals surface area contributed by atoms with Gasteiger partial charge in [0.25, 0.3) is 11.6 Å². The average Bonchev–Trinajstić information content (AvgIpc) is 3.29. The summed E-state index contributed by atoms with van der Waals surface area (Å²) < 4.78 is 10.7. The minimum Gasteiger partial charge on any atom is -0.452 e. The van der Waals surface area contributed by atoms with Gasteiger partial charge in [-0.15, -0.1) is 11.3 Å². The van der Waals surface area contributed by atoms with Crippen LogP contribution in [0.1, 0.15) is 36.9 Å². The van der Waals surface area contributed by atoms with Crippen molar-refractivity contribution in [2.45, 2.75) is 34.6 Å². The van der Waals surface area contributed by atoms with Gasteiger partial charge in [0.1, 0.15) is 0 Å². The van der Waals surface area contributed by atoms with Gasteiger partial charge in [-0.2, -0.15) is 0 Å². The van der Waals surface area contributed by atoms with Gasteiger partial charge in [0.2, 0.25) is 0 Å². The van der Waals surface area contributed by atoms with Crippen molar-refractivity contribution in [3.63, 3.8) is 0 Å². The number of aromatic nitrogens is 2. The molecule has 0 unspecified atom stereocenters. The molecule has 0 bridgehead atoms. The first-order valence-electron chi connectivity index (χ1n) is 10.1. The lowest BCUT2D eigenvalue weighted by Crippen LogP contribution is -2.22. The molecule has 8 heteroatoms. The lowest BCUT2D eigenvalue weighted by atomic mass is 10.1. The lowest BCUT2D eigenvalue weighted by molar-refractivity contribution is -0.119. The lowest BCUT2D eigenvalue weighted by Gasteiger charge is -2.12. The molecule has 0 fully saturated rings. The van der Waals surface area contributed by atoms with E-state index in [2.05, 4.69) is 15.5 Å². The number of rotatable bonds is 5. The molecule has 1 amide bonds. The number of nitrogens with zero attached hydrogens (tertiary/aromatic N) is 2. The number of benzene rings is 1. The van der Waals surface area contributed by atoms with Crippen LogP contribution in [-0.2, 0) is 9.53 Å². The Balaban J connectivity index is 1.60. The Morgan fingerprint density at radius 3 is 2.47 bits per heavy atom. The molecule has 0 radical (unpaired) electrons. The number of thiophene rings is 1. The fraction of sp³-hybridized carbons (Fsp3) is 0.250. The summed E-state index contributed by atoms with van der Waals surface area (Å²) in [7, 11) is 0. The van der Waals surface area contributed by atoms with Gasteiger partial charge in [0.05, 0.1) is 22.3 Å². The molecule has 0 aliphatic carbocycles. The fourth-order valence-corrected chi connectivity index (χ4v) is 4.61. The number of ether oxygens (including phenoxy) is 1. The zero-order valence-electron chi connectivity index (χ0n) is 18.5. The zero-order valence-corrected chi connectivity index (χ0v) is 19.3. The summed E-state index contributed by atoms with van der Waals surface area (Å²) in [5.41, 5.74) is 5.18. The van der Waals surface area contributed by atoms with E-state index in [9.17, 15) is 9.59 Å². The van der Waals surface area contributed by atoms with Crippen LogP contribution in [0.4, 0.5) is 5.69 Å². The number of esters is 1. The van der Waals surface area contributed by atoms with E-state index in [1.807, 2.05) is 52.0 Å². The van der Waals surface area contributed by atoms with Gasteiger partial charge in [-0.3, -0.25) is 4.79 Å². The number of fused-ring (bicyclic) bond motifs is 1. The predicted molar refractivity (Wildman–Crippen MR) is 124 cm³/mol. The normalized spacial score (nSPS) is 11.0. The first-order valence-corrected chi connectivity index (χ1v) is 10.9. The molecule has 1 aromatic carbocycles. The van der Waals surface area contributed by atoms with Gasteiger partial charge in [0.15, 0.2) is 6.61 Å². The van der Waals surface area contributed by atoms with Crippen LogP contribution in [0.15, 0.2) is 34.9 Å². The molecule has 0 aliphatic rings. The van der Waals surface area contributed by atoms with Gasteiger partial charge in [-0.1, -0.05) is 23.4 Å². The van der Waals surface area contributed by atoms with Gasteiger partial charge < -0.3 is 14.6 Å². The molecule has 3 heterocycles. The number of carbonyl (C=O) groups is 2. The van der Waals surface area contributed by atoms with Gasteiger partial charge in [-0.05, 0) is 57.9 Å². The first-order chi connectivity index (χ1) is 15.2. The third-order valence-electron chi connectivity index (χ3n) is 5.23. The summed E-state index contributed by atoms with van der Waals surface area (Å²) in [5, 5.41) is 7.25. The number of nitrogens with one attached hydrogen (secondary N) is 1. The van der Waals surface area contributed by atoms with Crippen LogP contribution in [0.3, 0.4) is 0 Å². The molecule has 0 saturated heterocycles. The smallest absolute Gasteiger partial charge is 0.339 e. The number of anilines is 1. The summed E-state index contributed by atoms with van der Waals surface area (Å²) in [5.74, 6) is -1.04. The first kappa shape index (κ1) is 21.7. The van der Waals surface area contributed by atoms with Gasteiger partial charge >= 0.3 is 5.97 Å². The molecule has 164 valence electrons.